The van der Waals surface area contributed by atoms with Crippen molar-refractivity contribution >= 4 is 16.9 Å². The number of aromatic nitrogens is 2. The molecule has 5 nitrogen and oxygen atoms in total. The molecule has 3 aromatic carbocycles. The number of hydrogen-bond donors (Lipinski definition) is 0. The van der Waals surface area contributed by atoms with Gasteiger partial charge in [-0.2, -0.15) is 0 Å². The first-order valence-corrected chi connectivity index (χ1v) is 12.5. The van der Waals surface area contributed by atoms with Crippen molar-refractivity contribution in [3.05, 3.63) is 95.8 Å². The summed E-state index contributed by atoms with van der Waals surface area (Å²) in [7, 11) is 0. The van der Waals surface area contributed by atoms with Crippen LogP contribution in [0.25, 0.3) is 11.0 Å². The maximum absolute atomic E-state index is 13.0. The van der Waals surface area contributed by atoms with Crippen LogP contribution in [0.3, 0.4) is 0 Å². The Balaban J connectivity index is 1.34. The number of fused-ring (bicyclic) bond motifs is 1. The molecule has 35 heavy (non-hydrogen) atoms. The summed E-state index contributed by atoms with van der Waals surface area (Å²) >= 11 is 0. The van der Waals surface area contributed by atoms with Gasteiger partial charge in [0.1, 0.15) is 18.2 Å². The Labute approximate surface area is 207 Å². The lowest BCUT2D eigenvalue weighted by Crippen LogP contribution is -2.28. The summed E-state index contributed by atoms with van der Waals surface area (Å²) in [5.74, 6) is 2.60. The molecule has 180 valence electrons. The Morgan fingerprint density at radius 3 is 2.37 bits per heavy atom. The van der Waals surface area contributed by atoms with Crippen molar-refractivity contribution in [1.82, 2.24) is 14.5 Å². The number of imidazole rings is 1. The second-order valence-corrected chi connectivity index (χ2v) is 9.72. The molecule has 2 heterocycles. The number of carbonyl (C=O) groups is 1. The second kappa shape index (κ2) is 9.95. The van der Waals surface area contributed by atoms with Crippen LogP contribution in [0.5, 0.6) is 5.75 Å². The van der Waals surface area contributed by atoms with E-state index in [1.165, 1.54) is 5.56 Å². The Hall–Kier alpha value is -3.60. The van der Waals surface area contributed by atoms with Crippen molar-refractivity contribution < 1.29 is 9.53 Å². The number of carbonyl (C=O) groups excluding carboxylic acids is 1. The largest absolute Gasteiger partial charge is 0.492 e. The zero-order valence-corrected chi connectivity index (χ0v) is 20.7. The van der Waals surface area contributed by atoms with Gasteiger partial charge in [0.05, 0.1) is 23.6 Å². The topological polar surface area (TPSA) is 47.4 Å². The summed E-state index contributed by atoms with van der Waals surface area (Å²) in [6, 6.07) is 26.8. The van der Waals surface area contributed by atoms with Gasteiger partial charge in [0.2, 0.25) is 5.91 Å². The van der Waals surface area contributed by atoms with E-state index in [0.717, 1.165) is 28.2 Å². The molecule has 1 amide bonds. The molecule has 1 aromatic heterocycles. The molecule has 5 heteroatoms. The van der Waals surface area contributed by atoms with E-state index in [9.17, 15) is 4.79 Å². The second-order valence-electron chi connectivity index (χ2n) is 9.72. The minimum absolute atomic E-state index is 0.0451. The molecule has 4 aromatic rings. The van der Waals surface area contributed by atoms with Crippen LogP contribution < -0.4 is 4.74 Å². The fourth-order valence-electron chi connectivity index (χ4n) is 5.03. The lowest BCUT2D eigenvalue weighted by molar-refractivity contribution is -0.129. The molecule has 0 saturated carbocycles. The minimum Gasteiger partial charge on any atom is -0.492 e. The quantitative estimate of drug-likeness (QED) is 0.305. The highest BCUT2D eigenvalue weighted by Gasteiger charge is 2.36. The lowest BCUT2D eigenvalue weighted by atomic mass is 10.0. The fraction of sp³-hybridized carbons (Fsp3) is 0.333. The highest BCUT2D eigenvalue weighted by atomic mass is 16.5. The maximum atomic E-state index is 13.0. The Kier molecular flexibility index (Phi) is 6.58. The fourth-order valence-corrected chi connectivity index (χ4v) is 5.03. The van der Waals surface area contributed by atoms with Crippen LogP contribution in [0.2, 0.25) is 0 Å². The Morgan fingerprint density at radius 2 is 1.63 bits per heavy atom. The molecule has 1 saturated heterocycles. The summed E-state index contributed by atoms with van der Waals surface area (Å²) in [6.45, 7) is 8.39. The standard InChI is InChI=1S/C30H33N3O2/c1-21(2)23-13-15-26(16-14-23)35-18-17-32-28-12-8-7-11-27(28)31-30(32)25-19-29(34)33(20-25)22(3)24-9-5-4-6-10-24/h4-16,21-22,25H,17-20H2,1-3H3. The monoisotopic (exact) mass is 467 g/mol. The SMILES string of the molecule is CC(C)c1ccc(OCCn2c(C3CC(=O)N(C(C)c4ccccc4)C3)nc3ccccc32)cc1. The van der Waals surface area contributed by atoms with Crippen LogP contribution in [0, 0.1) is 0 Å². The number of hydrogen-bond acceptors (Lipinski definition) is 3. The molecule has 0 bridgehead atoms. The van der Waals surface area contributed by atoms with Gasteiger partial charge in [0, 0.05) is 18.9 Å². The molecule has 2 unspecified atom stereocenters. The third kappa shape index (κ3) is 4.81. The first-order chi connectivity index (χ1) is 17.0. The molecule has 1 fully saturated rings. The van der Waals surface area contributed by atoms with E-state index in [4.69, 9.17) is 9.72 Å². The summed E-state index contributed by atoms with van der Waals surface area (Å²) in [6.07, 6.45) is 0.484. The van der Waals surface area contributed by atoms with Gasteiger partial charge in [-0.05, 0) is 48.2 Å². The van der Waals surface area contributed by atoms with Crippen molar-refractivity contribution in [3.63, 3.8) is 0 Å². The summed E-state index contributed by atoms with van der Waals surface area (Å²) in [4.78, 5) is 20.0. The van der Waals surface area contributed by atoms with Gasteiger partial charge in [-0.3, -0.25) is 4.79 Å². The van der Waals surface area contributed by atoms with Gasteiger partial charge < -0.3 is 14.2 Å². The molecule has 1 aliphatic heterocycles. The van der Waals surface area contributed by atoms with E-state index in [1.54, 1.807) is 0 Å². The smallest absolute Gasteiger partial charge is 0.223 e. The van der Waals surface area contributed by atoms with Crippen LogP contribution >= 0.6 is 0 Å². The van der Waals surface area contributed by atoms with E-state index < -0.39 is 0 Å². The van der Waals surface area contributed by atoms with Crippen LogP contribution in [0.15, 0.2) is 78.9 Å². The number of nitrogens with zero attached hydrogens (tertiary/aromatic N) is 3. The maximum Gasteiger partial charge on any atom is 0.223 e. The number of benzene rings is 3. The van der Waals surface area contributed by atoms with Gasteiger partial charge in [-0.1, -0.05) is 68.4 Å². The van der Waals surface area contributed by atoms with Gasteiger partial charge in [0.15, 0.2) is 0 Å². The molecular formula is C30H33N3O2. The van der Waals surface area contributed by atoms with Crippen molar-refractivity contribution in [2.75, 3.05) is 13.2 Å². The molecule has 2 atom stereocenters. The van der Waals surface area contributed by atoms with Crippen molar-refractivity contribution in [2.45, 2.75) is 51.6 Å². The third-order valence-corrected chi connectivity index (χ3v) is 7.09. The van der Waals surface area contributed by atoms with E-state index in [2.05, 4.69) is 55.7 Å². The summed E-state index contributed by atoms with van der Waals surface area (Å²) < 4.78 is 8.34. The van der Waals surface area contributed by atoms with Gasteiger partial charge in [-0.15, -0.1) is 0 Å². The van der Waals surface area contributed by atoms with Crippen molar-refractivity contribution in [2.24, 2.45) is 0 Å². The van der Waals surface area contributed by atoms with Crippen LogP contribution in [0.4, 0.5) is 0 Å². The van der Waals surface area contributed by atoms with Crippen LogP contribution in [-0.4, -0.2) is 33.5 Å². The van der Waals surface area contributed by atoms with E-state index in [0.29, 0.717) is 32.0 Å². The van der Waals surface area contributed by atoms with Crippen molar-refractivity contribution in [1.29, 1.82) is 0 Å². The zero-order chi connectivity index (χ0) is 24.4. The normalized spacial score (nSPS) is 16.9. The van der Waals surface area contributed by atoms with E-state index in [1.807, 2.05) is 53.4 Å². The number of rotatable bonds is 8. The Bertz CT molecular complexity index is 1290. The number of para-hydroxylation sites is 2. The molecule has 0 spiro atoms. The molecule has 0 radical (unpaired) electrons. The predicted molar refractivity (Wildman–Crippen MR) is 140 cm³/mol. The molecule has 1 aliphatic rings. The molecule has 5 rings (SSSR count). The first kappa shape index (κ1) is 23.2. The van der Waals surface area contributed by atoms with Gasteiger partial charge in [0.25, 0.3) is 0 Å². The summed E-state index contributed by atoms with van der Waals surface area (Å²) in [5.41, 5.74) is 4.52. The number of ether oxygens (including phenoxy) is 1. The number of amides is 1. The summed E-state index contributed by atoms with van der Waals surface area (Å²) in [5, 5.41) is 0. The average molecular weight is 468 g/mol. The van der Waals surface area contributed by atoms with Gasteiger partial charge in [-0.25, -0.2) is 4.98 Å². The number of likely N-dealkylation sites (tertiary alicyclic amines) is 1. The average Bonchev–Trinajstić information content (AvgIpc) is 3.45. The zero-order valence-electron chi connectivity index (χ0n) is 20.7. The minimum atomic E-state index is 0.0451. The van der Waals surface area contributed by atoms with Crippen LogP contribution in [0.1, 0.15) is 62.0 Å². The predicted octanol–water partition coefficient (Wildman–Crippen LogP) is 6.32. The highest BCUT2D eigenvalue weighted by Crippen LogP contribution is 2.35. The third-order valence-electron chi connectivity index (χ3n) is 7.09. The van der Waals surface area contributed by atoms with Crippen LogP contribution in [-0.2, 0) is 11.3 Å². The molecular weight excluding hydrogens is 434 g/mol. The van der Waals surface area contributed by atoms with Gasteiger partial charge >= 0.3 is 0 Å². The highest BCUT2D eigenvalue weighted by molar-refractivity contribution is 5.81. The molecule has 0 aliphatic carbocycles. The first-order valence-electron chi connectivity index (χ1n) is 12.5. The van der Waals surface area contributed by atoms with E-state index in [-0.39, 0.29) is 17.9 Å². The Morgan fingerprint density at radius 1 is 0.914 bits per heavy atom. The lowest BCUT2D eigenvalue weighted by Gasteiger charge is -2.25. The van der Waals surface area contributed by atoms with E-state index >= 15 is 0 Å². The van der Waals surface area contributed by atoms with Crippen molar-refractivity contribution in [3.8, 4) is 5.75 Å². The molecule has 0 N–H and O–H groups in total.